The SMILES string of the molecule is CCOC(=O)c1c(C2CC2)csc1NC(=O)CN1CCC(NC(=O)c2ccc(C)o2)CC1. The summed E-state index contributed by atoms with van der Waals surface area (Å²) in [4.78, 5) is 39.5. The minimum atomic E-state index is -0.366. The van der Waals surface area contributed by atoms with Gasteiger partial charge in [-0.15, -0.1) is 11.3 Å². The van der Waals surface area contributed by atoms with Crippen molar-refractivity contribution in [1.29, 1.82) is 0 Å². The monoisotopic (exact) mass is 459 g/mol. The van der Waals surface area contributed by atoms with Crippen molar-refractivity contribution in [2.24, 2.45) is 0 Å². The summed E-state index contributed by atoms with van der Waals surface area (Å²) in [5, 5.41) is 8.47. The molecule has 0 radical (unpaired) electrons. The average Bonchev–Trinajstić information content (AvgIpc) is 3.38. The molecule has 2 aliphatic rings. The maximum atomic E-state index is 12.7. The zero-order chi connectivity index (χ0) is 22.7. The summed E-state index contributed by atoms with van der Waals surface area (Å²) in [7, 11) is 0. The van der Waals surface area contributed by atoms with Crippen LogP contribution in [-0.2, 0) is 9.53 Å². The Labute approximate surface area is 191 Å². The second-order valence-corrected chi connectivity index (χ2v) is 9.25. The maximum Gasteiger partial charge on any atom is 0.341 e. The smallest absolute Gasteiger partial charge is 0.341 e. The fourth-order valence-corrected chi connectivity index (χ4v) is 5.04. The van der Waals surface area contributed by atoms with Crippen LogP contribution in [0.15, 0.2) is 21.9 Å². The number of piperidine rings is 1. The van der Waals surface area contributed by atoms with Crippen molar-refractivity contribution in [3.8, 4) is 0 Å². The molecule has 0 bridgehead atoms. The van der Waals surface area contributed by atoms with Crippen LogP contribution in [0.2, 0.25) is 0 Å². The molecule has 2 fully saturated rings. The van der Waals surface area contributed by atoms with Crippen LogP contribution in [0.4, 0.5) is 5.00 Å². The van der Waals surface area contributed by atoms with Gasteiger partial charge in [-0.05, 0) is 68.5 Å². The van der Waals surface area contributed by atoms with E-state index < -0.39 is 0 Å². The molecule has 2 aromatic rings. The number of hydrogen-bond acceptors (Lipinski definition) is 7. The van der Waals surface area contributed by atoms with Crippen molar-refractivity contribution < 1.29 is 23.5 Å². The average molecular weight is 460 g/mol. The molecule has 32 heavy (non-hydrogen) atoms. The van der Waals surface area contributed by atoms with Gasteiger partial charge in [-0.3, -0.25) is 14.5 Å². The van der Waals surface area contributed by atoms with Gasteiger partial charge in [0, 0.05) is 19.1 Å². The number of furan rings is 1. The van der Waals surface area contributed by atoms with E-state index >= 15 is 0 Å². The molecule has 4 rings (SSSR count). The Kier molecular flexibility index (Phi) is 6.95. The van der Waals surface area contributed by atoms with E-state index in [2.05, 4.69) is 15.5 Å². The van der Waals surface area contributed by atoms with Gasteiger partial charge < -0.3 is 19.8 Å². The lowest BCUT2D eigenvalue weighted by Crippen LogP contribution is -2.46. The molecule has 1 aliphatic carbocycles. The number of aryl methyl sites for hydroxylation is 1. The van der Waals surface area contributed by atoms with E-state index in [1.165, 1.54) is 11.3 Å². The Morgan fingerprint density at radius 2 is 1.94 bits per heavy atom. The minimum Gasteiger partial charge on any atom is -0.462 e. The molecule has 0 spiro atoms. The number of carbonyl (C=O) groups excluding carboxylic acids is 3. The quantitative estimate of drug-likeness (QED) is 0.586. The number of ether oxygens (including phenoxy) is 1. The van der Waals surface area contributed by atoms with Crippen molar-refractivity contribution in [2.45, 2.75) is 51.5 Å². The van der Waals surface area contributed by atoms with Crippen molar-refractivity contribution in [3.63, 3.8) is 0 Å². The first-order valence-electron chi connectivity index (χ1n) is 11.1. The summed E-state index contributed by atoms with van der Waals surface area (Å²) in [6.45, 7) is 5.55. The number of rotatable bonds is 8. The highest BCUT2D eigenvalue weighted by Gasteiger charge is 2.32. The summed E-state index contributed by atoms with van der Waals surface area (Å²) >= 11 is 1.39. The number of likely N-dealkylation sites (tertiary alicyclic amines) is 1. The summed E-state index contributed by atoms with van der Waals surface area (Å²) in [5.41, 5.74) is 1.51. The van der Waals surface area contributed by atoms with Crippen molar-refractivity contribution >= 4 is 34.1 Å². The summed E-state index contributed by atoms with van der Waals surface area (Å²) in [6.07, 6.45) is 3.66. The molecule has 0 atom stereocenters. The van der Waals surface area contributed by atoms with Crippen LogP contribution >= 0.6 is 11.3 Å². The number of nitrogens with zero attached hydrogens (tertiary/aromatic N) is 1. The van der Waals surface area contributed by atoms with E-state index in [1.54, 1.807) is 26.0 Å². The molecule has 9 heteroatoms. The number of hydrogen-bond donors (Lipinski definition) is 2. The van der Waals surface area contributed by atoms with Crippen LogP contribution in [0.25, 0.3) is 0 Å². The van der Waals surface area contributed by atoms with Gasteiger partial charge >= 0.3 is 5.97 Å². The van der Waals surface area contributed by atoms with E-state index in [9.17, 15) is 14.4 Å². The molecule has 2 amide bonds. The number of thiophene rings is 1. The Morgan fingerprint density at radius 3 is 2.56 bits per heavy atom. The first-order valence-corrected chi connectivity index (χ1v) is 12.0. The lowest BCUT2D eigenvalue weighted by Gasteiger charge is -2.31. The van der Waals surface area contributed by atoms with Gasteiger partial charge in [-0.25, -0.2) is 4.79 Å². The second-order valence-electron chi connectivity index (χ2n) is 8.37. The summed E-state index contributed by atoms with van der Waals surface area (Å²) < 4.78 is 10.6. The molecule has 8 nitrogen and oxygen atoms in total. The van der Waals surface area contributed by atoms with Gasteiger partial charge in [0.05, 0.1) is 18.7 Å². The Hall–Kier alpha value is -2.65. The zero-order valence-electron chi connectivity index (χ0n) is 18.4. The summed E-state index contributed by atoms with van der Waals surface area (Å²) in [5.74, 6) is 0.712. The first kappa shape index (κ1) is 22.5. The Bertz CT molecular complexity index is 986. The lowest BCUT2D eigenvalue weighted by molar-refractivity contribution is -0.117. The molecule has 1 saturated carbocycles. The third-order valence-electron chi connectivity index (χ3n) is 5.82. The van der Waals surface area contributed by atoms with Gasteiger partial charge in [0.25, 0.3) is 5.91 Å². The fraction of sp³-hybridized carbons (Fsp3) is 0.522. The van der Waals surface area contributed by atoms with Crippen molar-refractivity contribution in [1.82, 2.24) is 10.2 Å². The number of anilines is 1. The van der Waals surface area contributed by atoms with Gasteiger partial charge in [-0.1, -0.05) is 0 Å². The molecular formula is C23H29N3O5S. The van der Waals surface area contributed by atoms with Crippen LogP contribution in [0, 0.1) is 6.92 Å². The lowest BCUT2D eigenvalue weighted by atomic mass is 10.0. The van der Waals surface area contributed by atoms with E-state index in [1.807, 2.05) is 5.38 Å². The molecular weight excluding hydrogens is 430 g/mol. The minimum absolute atomic E-state index is 0.0565. The largest absolute Gasteiger partial charge is 0.462 e. The van der Waals surface area contributed by atoms with Crippen molar-refractivity contribution in [2.75, 3.05) is 31.6 Å². The summed E-state index contributed by atoms with van der Waals surface area (Å²) in [6, 6.07) is 3.50. The van der Waals surface area contributed by atoms with Gasteiger partial charge in [0.15, 0.2) is 5.76 Å². The van der Waals surface area contributed by atoms with Crippen LogP contribution in [-0.4, -0.2) is 55.0 Å². The highest BCUT2D eigenvalue weighted by molar-refractivity contribution is 7.15. The Balaban J connectivity index is 1.27. The predicted octanol–water partition coefficient (Wildman–Crippen LogP) is 3.54. The van der Waals surface area contributed by atoms with Crippen LogP contribution in [0.1, 0.15) is 70.8 Å². The fourth-order valence-electron chi connectivity index (χ4n) is 3.99. The third-order valence-corrected chi connectivity index (χ3v) is 6.74. The van der Waals surface area contributed by atoms with Crippen LogP contribution < -0.4 is 10.6 Å². The molecule has 3 heterocycles. The molecule has 0 unspecified atom stereocenters. The first-order chi connectivity index (χ1) is 15.4. The number of carbonyl (C=O) groups is 3. The highest BCUT2D eigenvalue weighted by atomic mass is 32.1. The van der Waals surface area contributed by atoms with Gasteiger partial charge in [-0.2, -0.15) is 0 Å². The highest BCUT2D eigenvalue weighted by Crippen LogP contribution is 2.46. The Morgan fingerprint density at radius 1 is 1.19 bits per heavy atom. The topological polar surface area (TPSA) is 101 Å². The van der Waals surface area contributed by atoms with E-state index in [4.69, 9.17) is 9.15 Å². The maximum absolute atomic E-state index is 12.7. The van der Waals surface area contributed by atoms with E-state index in [0.717, 1.165) is 31.2 Å². The van der Waals surface area contributed by atoms with Crippen LogP contribution in [0.5, 0.6) is 0 Å². The van der Waals surface area contributed by atoms with Gasteiger partial charge in [0.2, 0.25) is 5.91 Å². The molecule has 1 aliphatic heterocycles. The molecule has 2 aromatic heterocycles. The number of amides is 2. The van der Waals surface area contributed by atoms with Crippen molar-refractivity contribution in [3.05, 3.63) is 40.2 Å². The van der Waals surface area contributed by atoms with Crippen LogP contribution in [0.3, 0.4) is 0 Å². The van der Waals surface area contributed by atoms with E-state index in [-0.39, 0.29) is 30.4 Å². The number of nitrogens with one attached hydrogen (secondary N) is 2. The standard InChI is InChI=1S/C23H29N3O5S/c1-3-30-23(29)20-17(15-5-6-15)13-32-22(20)25-19(27)12-26-10-8-16(9-11-26)24-21(28)18-7-4-14(2)31-18/h4,7,13,15-16H,3,5-6,8-12H2,1-2H3,(H,24,28)(H,25,27). The second kappa shape index (κ2) is 9.87. The molecule has 0 aromatic carbocycles. The van der Waals surface area contributed by atoms with Gasteiger partial charge in [0.1, 0.15) is 10.8 Å². The normalized spacial score (nSPS) is 17.2. The predicted molar refractivity (Wildman–Crippen MR) is 121 cm³/mol. The molecule has 172 valence electrons. The third kappa shape index (κ3) is 5.39. The molecule has 1 saturated heterocycles. The number of esters is 1. The van der Waals surface area contributed by atoms with E-state index in [0.29, 0.717) is 47.7 Å². The molecule has 2 N–H and O–H groups in total. The zero-order valence-corrected chi connectivity index (χ0v) is 19.3.